The zero-order valence-corrected chi connectivity index (χ0v) is 4.63. The highest BCUT2D eigenvalue weighted by atomic mass is 16.2. The molecule has 0 heterocycles. The highest BCUT2D eigenvalue weighted by Crippen LogP contribution is 1.74. The Morgan fingerprint density at radius 2 is 1.67 bits per heavy atom. The predicted octanol–water partition coefficient (Wildman–Crippen LogP) is -1.18. The number of rotatable bonds is 3. The van der Waals surface area contributed by atoms with Gasteiger partial charge in [-0.15, -0.1) is 0 Å². The van der Waals surface area contributed by atoms with Crippen LogP contribution in [0.25, 0.3) is 0 Å². The third-order valence-electron chi connectivity index (χ3n) is 0.619. The summed E-state index contributed by atoms with van der Waals surface area (Å²) in [6.45, 7) is 0.914. The average Bonchev–Trinajstić information content (AvgIpc) is 1.84. The average molecular weight is 127 g/mol. The molecule has 4 nitrogen and oxygen atoms in total. The van der Waals surface area contributed by atoms with E-state index in [-0.39, 0.29) is 0 Å². The first kappa shape index (κ1) is 7.68. The maximum atomic E-state index is 10.1. The van der Waals surface area contributed by atoms with Gasteiger partial charge in [-0.3, -0.25) is 19.2 Å². The molecule has 0 aromatic heterocycles. The summed E-state index contributed by atoms with van der Waals surface area (Å²) in [7, 11) is 0. The van der Waals surface area contributed by atoms with Gasteiger partial charge >= 0.3 is 0 Å². The van der Waals surface area contributed by atoms with Crippen molar-refractivity contribution in [3.05, 3.63) is 0 Å². The third kappa shape index (κ3) is 1.94. The van der Waals surface area contributed by atoms with Crippen molar-refractivity contribution in [2.75, 3.05) is 0 Å². The Kier molecular flexibility index (Phi) is 2.44. The van der Waals surface area contributed by atoms with Crippen molar-refractivity contribution < 1.29 is 19.2 Å². The van der Waals surface area contributed by atoms with Crippen molar-refractivity contribution in [3.8, 4) is 0 Å². The molecule has 4 heteroatoms. The molecule has 0 unspecified atom stereocenters. The summed E-state index contributed by atoms with van der Waals surface area (Å²) in [4.78, 5) is 39.5. The highest BCUT2D eigenvalue weighted by molar-refractivity contribution is 6.74. The molecule has 0 bridgehead atoms. The van der Waals surface area contributed by atoms with Crippen molar-refractivity contribution in [1.82, 2.24) is 0 Å². The van der Waals surface area contributed by atoms with Crippen LogP contribution in [0.5, 0.6) is 0 Å². The zero-order chi connectivity index (χ0) is 7.44. The SMILES string of the molecule is CC(=O)C(=O)C(=O)[C]=O. The molecule has 1 radical (unpaired) electrons. The van der Waals surface area contributed by atoms with E-state index in [0.717, 1.165) is 13.2 Å². The first-order valence-corrected chi connectivity index (χ1v) is 2.07. The van der Waals surface area contributed by atoms with E-state index >= 15 is 0 Å². The van der Waals surface area contributed by atoms with Crippen LogP contribution < -0.4 is 0 Å². The van der Waals surface area contributed by atoms with Crippen LogP contribution in [0.4, 0.5) is 0 Å². The fourth-order valence-electron chi connectivity index (χ4n) is 0.206. The van der Waals surface area contributed by atoms with Crippen LogP contribution in [0, 0.1) is 0 Å². The smallest absolute Gasteiger partial charge is 0.281 e. The van der Waals surface area contributed by atoms with E-state index in [1.807, 2.05) is 0 Å². The molecule has 0 saturated heterocycles. The van der Waals surface area contributed by atoms with Crippen molar-refractivity contribution in [1.29, 1.82) is 0 Å². The quantitative estimate of drug-likeness (QED) is 0.353. The van der Waals surface area contributed by atoms with Gasteiger partial charge in [0.1, 0.15) is 0 Å². The standard InChI is InChI=1S/C5H3O4/c1-3(7)5(9)4(8)2-6/h1H3. The lowest BCUT2D eigenvalue weighted by molar-refractivity contribution is -0.140. The van der Waals surface area contributed by atoms with Gasteiger partial charge in [-0.1, -0.05) is 0 Å². The van der Waals surface area contributed by atoms with Gasteiger partial charge in [0.15, 0.2) is 0 Å². The van der Waals surface area contributed by atoms with E-state index in [9.17, 15) is 19.2 Å². The van der Waals surface area contributed by atoms with Gasteiger partial charge in [-0.2, -0.15) is 0 Å². The van der Waals surface area contributed by atoms with Gasteiger partial charge in [0.25, 0.3) is 17.9 Å². The van der Waals surface area contributed by atoms with Crippen LogP contribution in [0.1, 0.15) is 6.92 Å². The molecule has 0 atom stereocenters. The van der Waals surface area contributed by atoms with Gasteiger partial charge in [0.05, 0.1) is 0 Å². The third-order valence-corrected chi connectivity index (χ3v) is 0.619. The topological polar surface area (TPSA) is 68.3 Å². The maximum absolute atomic E-state index is 10.1. The Balaban J connectivity index is 4.22. The Morgan fingerprint density at radius 3 is 1.78 bits per heavy atom. The molecule has 0 rings (SSSR count). The lowest BCUT2D eigenvalue weighted by atomic mass is 10.2. The first-order valence-electron chi connectivity index (χ1n) is 2.07. The van der Waals surface area contributed by atoms with Crippen LogP contribution in [-0.4, -0.2) is 23.6 Å². The van der Waals surface area contributed by atoms with E-state index in [1.54, 1.807) is 0 Å². The zero-order valence-electron chi connectivity index (χ0n) is 4.63. The Bertz CT molecular complexity index is 179. The van der Waals surface area contributed by atoms with Crippen molar-refractivity contribution in [2.45, 2.75) is 6.92 Å². The van der Waals surface area contributed by atoms with Crippen molar-refractivity contribution in [3.63, 3.8) is 0 Å². The molecular formula is C5H3O4. The number of Topliss-reactive ketones (excluding diaryl/α,β-unsaturated/α-hetero) is 3. The molecule has 0 aliphatic rings. The second-order valence-corrected chi connectivity index (χ2v) is 1.32. The Morgan fingerprint density at radius 1 is 1.22 bits per heavy atom. The summed E-state index contributed by atoms with van der Waals surface area (Å²) in [6, 6.07) is 0. The van der Waals surface area contributed by atoms with Crippen LogP contribution in [-0.2, 0) is 19.2 Å². The second-order valence-electron chi connectivity index (χ2n) is 1.32. The minimum atomic E-state index is -1.41. The predicted molar refractivity (Wildman–Crippen MR) is 26.4 cm³/mol. The molecule has 0 spiro atoms. The van der Waals surface area contributed by atoms with E-state index in [2.05, 4.69) is 0 Å². The van der Waals surface area contributed by atoms with Crippen LogP contribution in [0.3, 0.4) is 0 Å². The fraction of sp³-hybridized carbons (Fsp3) is 0.200. The van der Waals surface area contributed by atoms with E-state index in [1.165, 1.54) is 0 Å². The van der Waals surface area contributed by atoms with Crippen molar-refractivity contribution >= 4 is 23.6 Å². The number of carbonyl (C=O) groups excluding carboxylic acids is 4. The molecule has 9 heavy (non-hydrogen) atoms. The highest BCUT2D eigenvalue weighted by Gasteiger charge is 2.17. The molecule has 0 aromatic rings. The minimum absolute atomic E-state index is 0.787. The van der Waals surface area contributed by atoms with E-state index in [4.69, 9.17) is 0 Å². The minimum Gasteiger partial charge on any atom is -0.291 e. The van der Waals surface area contributed by atoms with Gasteiger partial charge in [-0.25, -0.2) is 0 Å². The summed E-state index contributed by atoms with van der Waals surface area (Å²) in [5.41, 5.74) is 0. The largest absolute Gasteiger partial charge is 0.291 e. The van der Waals surface area contributed by atoms with E-state index in [0.29, 0.717) is 0 Å². The van der Waals surface area contributed by atoms with Crippen molar-refractivity contribution in [2.24, 2.45) is 0 Å². The molecule has 47 valence electrons. The number of ketones is 3. The second kappa shape index (κ2) is 2.86. The normalized spacial score (nSPS) is 8.11. The summed E-state index contributed by atoms with van der Waals surface area (Å²) >= 11 is 0. The Hall–Kier alpha value is -1.32. The van der Waals surface area contributed by atoms with Crippen LogP contribution in [0.2, 0.25) is 0 Å². The maximum Gasteiger partial charge on any atom is 0.281 e. The molecule has 0 amide bonds. The summed E-state index contributed by atoms with van der Waals surface area (Å²) in [5, 5.41) is 0. The lowest BCUT2D eigenvalue weighted by Crippen LogP contribution is -2.21. The number of hydrogen-bond acceptors (Lipinski definition) is 4. The van der Waals surface area contributed by atoms with Gasteiger partial charge < -0.3 is 0 Å². The van der Waals surface area contributed by atoms with E-state index < -0.39 is 17.3 Å². The molecule has 0 aliphatic carbocycles. The first-order chi connectivity index (χ1) is 4.09. The number of carbonyl (C=O) groups is 3. The van der Waals surface area contributed by atoms with Crippen LogP contribution >= 0.6 is 0 Å². The monoisotopic (exact) mass is 127 g/mol. The Labute approximate surface area is 50.8 Å². The van der Waals surface area contributed by atoms with Crippen LogP contribution in [0.15, 0.2) is 0 Å². The summed E-state index contributed by atoms with van der Waals surface area (Å²) < 4.78 is 0. The molecule has 0 N–H and O–H groups in total. The molecular weight excluding hydrogens is 124 g/mol. The van der Waals surface area contributed by atoms with Gasteiger partial charge in [-0.05, 0) is 0 Å². The summed E-state index contributed by atoms with van der Waals surface area (Å²) in [5.74, 6) is -3.67. The number of hydrogen-bond donors (Lipinski definition) is 0. The molecule has 0 aliphatic heterocycles. The fourth-order valence-corrected chi connectivity index (χ4v) is 0.206. The van der Waals surface area contributed by atoms with Gasteiger partial charge in [0.2, 0.25) is 5.78 Å². The van der Waals surface area contributed by atoms with Gasteiger partial charge in [0, 0.05) is 6.92 Å². The molecule has 0 fully saturated rings. The summed E-state index contributed by atoms with van der Waals surface area (Å²) in [6.07, 6.45) is 0.787. The lowest BCUT2D eigenvalue weighted by Gasteiger charge is -1.80. The molecule has 0 aromatic carbocycles. The molecule has 0 saturated carbocycles.